The number of nitrogens with two attached hydrogens (primary N) is 1. The van der Waals surface area contributed by atoms with E-state index in [0.29, 0.717) is 31.9 Å². The maximum atomic E-state index is 13.1. The summed E-state index contributed by atoms with van der Waals surface area (Å²) in [5.74, 6) is 0.907. The van der Waals surface area contributed by atoms with Gasteiger partial charge in [-0.05, 0) is 24.3 Å². The SMILES string of the molecule is COc1cccc2sc(N(c3nc4c(OC)cccc4s3)S(=O)(=O)CS(N)(=O)=O)nc12. The lowest BCUT2D eigenvalue weighted by Crippen LogP contribution is -2.34. The van der Waals surface area contributed by atoms with Crippen LogP contribution in [0, 0.1) is 0 Å². The third-order valence-corrected chi connectivity index (χ3v) is 9.77. The second-order valence-corrected chi connectivity index (χ2v) is 12.1. The molecular formula is C17H16N4O6S4. The highest BCUT2D eigenvalue weighted by Gasteiger charge is 2.34. The van der Waals surface area contributed by atoms with Gasteiger partial charge in [-0.25, -0.2) is 31.9 Å². The molecule has 4 rings (SSSR count). The summed E-state index contributed by atoms with van der Waals surface area (Å²) in [5, 5.41) is 3.77. The number of nitrogens with zero attached hydrogens (tertiary/aromatic N) is 3. The zero-order valence-corrected chi connectivity index (χ0v) is 19.4. The minimum atomic E-state index is -4.49. The number of rotatable bonds is 7. The van der Waals surface area contributed by atoms with Gasteiger partial charge in [0.15, 0.2) is 5.08 Å². The first kappa shape index (κ1) is 21.7. The molecule has 0 aliphatic carbocycles. The van der Waals surface area contributed by atoms with Gasteiger partial charge in [0.1, 0.15) is 22.5 Å². The predicted octanol–water partition coefficient (Wildman–Crippen LogP) is 2.64. The Hall–Kier alpha value is -2.52. The van der Waals surface area contributed by atoms with E-state index in [0.717, 1.165) is 27.0 Å². The molecule has 14 heteroatoms. The van der Waals surface area contributed by atoms with E-state index in [9.17, 15) is 16.8 Å². The van der Waals surface area contributed by atoms with Crippen molar-refractivity contribution in [1.82, 2.24) is 9.97 Å². The fourth-order valence-corrected chi connectivity index (χ4v) is 8.29. The molecule has 31 heavy (non-hydrogen) atoms. The summed E-state index contributed by atoms with van der Waals surface area (Å²) in [6.45, 7) is 0. The van der Waals surface area contributed by atoms with E-state index in [1.807, 2.05) is 0 Å². The van der Waals surface area contributed by atoms with Gasteiger partial charge < -0.3 is 9.47 Å². The number of para-hydroxylation sites is 2. The molecule has 4 aromatic rings. The van der Waals surface area contributed by atoms with Crippen molar-refractivity contribution >= 4 is 73.4 Å². The molecule has 2 aromatic carbocycles. The normalized spacial score (nSPS) is 12.4. The van der Waals surface area contributed by atoms with Gasteiger partial charge in [0.2, 0.25) is 20.3 Å². The summed E-state index contributed by atoms with van der Waals surface area (Å²) in [5.41, 5.74) is 0.888. The largest absolute Gasteiger partial charge is 0.494 e. The molecule has 0 saturated carbocycles. The first-order chi connectivity index (χ1) is 14.6. The van der Waals surface area contributed by atoms with Crippen LogP contribution in [0.1, 0.15) is 0 Å². The van der Waals surface area contributed by atoms with Crippen molar-refractivity contribution in [3.63, 3.8) is 0 Å². The highest BCUT2D eigenvalue weighted by atomic mass is 32.3. The molecule has 0 aliphatic heterocycles. The lowest BCUT2D eigenvalue weighted by atomic mass is 10.3. The average Bonchev–Trinajstić information content (AvgIpc) is 3.29. The van der Waals surface area contributed by atoms with Crippen molar-refractivity contribution in [3.05, 3.63) is 36.4 Å². The van der Waals surface area contributed by atoms with Gasteiger partial charge in [0.05, 0.1) is 23.6 Å². The number of primary sulfonamides is 1. The van der Waals surface area contributed by atoms with Crippen molar-refractivity contribution < 1.29 is 26.3 Å². The molecule has 0 radical (unpaired) electrons. The molecule has 2 aromatic heterocycles. The summed E-state index contributed by atoms with van der Waals surface area (Å²) in [4.78, 5) is 8.82. The Morgan fingerprint density at radius 3 is 1.71 bits per heavy atom. The molecule has 0 atom stereocenters. The van der Waals surface area contributed by atoms with Gasteiger partial charge in [-0.1, -0.05) is 34.8 Å². The van der Waals surface area contributed by atoms with Crippen LogP contribution >= 0.6 is 22.7 Å². The lowest BCUT2D eigenvalue weighted by Gasteiger charge is -2.17. The molecule has 0 saturated heterocycles. The standard InChI is InChI=1S/C17H16N4O6S4/c1-26-10-5-3-7-12-14(10)19-16(28-12)21(31(24,25)9-30(18,22)23)17-20-15-11(27-2)6-4-8-13(15)29-17/h3-8H,9H2,1-2H3,(H2,18,22,23). The Balaban J connectivity index is 1.97. The summed E-state index contributed by atoms with van der Waals surface area (Å²) in [6, 6.07) is 10.4. The molecule has 2 N–H and O–H groups in total. The zero-order chi connectivity index (χ0) is 22.4. The average molecular weight is 501 g/mol. The van der Waals surface area contributed by atoms with Crippen LogP contribution < -0.4 is 18.9 Å². The van der Waals surface area contributed by atoms with Crippen molar-refractivity contribution in [2.75, 3.05) is 23.6 Å². The number of ether oxygens (including phenoxy) is 2. The Morgan fingerprint density at radius 2 is 1.32 bits per heavy atom. The minimum Gasteiger partial charge on any atom is -0.494 e. The number of fused-ring (bicyclic) bond motifs is 2. The van der Waals surface area contributed by atoms with Crippen LogP contribution in [-0.4, -0.2) is 46.1 Å². The smallest absolute Gasteiger partial charge is 0.259 e. The first-order valence-corrected chi connectivity index (χ1v) is 13.5. The van der Waals surface area contributed by atoms with E-state index < -0.39 is 25.1 Å². The van der Waals surface area contributed by atoms with Gasteiger partial charge in [-0.15, -0.1) is 0 Å². The monoisotopic (exact) mass is 500 g/mol. The molecule has 0 amide bonds. The third-order valence-electron chi connectivity index (χ3n) is 4.12. The number of anilines is 2. The fourth-order valence-electron chi connectivity index (χ4n) is 2.91. The van der Waals surface area contributed by atoms with Crippen molar-refractivity contribution in [1.29, 1.82) is 0 Å². The number of hydrogen-bond acceptors (Lipinski definition) is 10. The van der Waals surface area contributed by atoms with Crippen LogP contribution in [0.4, 0.5) is 10.3 Å². The third kappa shape index (κ3) is 4.16. The number of methoxy groups -OCH3 is 2. The second-order valence-electron chi connectivity index (χ2n) is 6.26. The van der Waals surface area contributed by atoms with E-state index in [1.165, 1.54) is 14.2 Å². The predicted molar refractivity (Wildman–Crippen MR) is 121 cm³/mol. The van der Waals surface area contributed by atoms with Crippen LogP contribution in [0.15, 0.2) is 36.4 Å². The molecule has 0 unspecified atom stereocenters. The molecule has 0 bridgehead atoms. The highest BCUT2D eigenvalue weighted by molar-refractivity contribution is 8.08. The topological polar surface area (TPSA) is 142 Å². The van der Waals surface area contributed by atoms with Gasteiger partial charge in [-0.3, -0.25) is 0 Å². The van der Waals surface area contributed by atoms with Crippen LogP contribution in [0.5, 0.6) is 11.5 Å². The first-order valence-electron chi connectivity index (χ1n) is 8.53. The summed E-state index contributed by atoms with van der Waals surface area (Å²) in [6.07, 6.45) is 0. The second kappa shape index (κ2) is 7.87. The molecule has 2 heterocycles. The zero-order valence-electron chi connectivity index (χ0n) is 16.2. The van der Waals surface area contributed by atoms with Crippen LogP contribution in [0.25, 0.3) is 20.4 Å². The highest BCUT2D eigenvalue weighted by Crippen LogP contribution is 2.42. The Bertz CT molecular complexity index is 1410. The van der Waals surface area contributed by atoms with Crippen molar-refractivity contribution in [3.8, 4) is 11.5 Å². The summed E-state index contributed by atoms with van der Waals surface area (Å²) in [7, 11) is -5.89. The maximum absolute atomic E-state index is 13.1. The molecule has 10 nitrogen and oxygen atoms in total. The van der Waals surface area contributed by atoms with Crippen molar-refractivity contribution in [2.24, 2.45) is 5.14 Å². The number of hydrogen-bond donors (Lipinski definition) is 1. The molecule has 0 aliphatic rings. The maximum Gasteiger partial charge on any atom is 0.259 e. The van der Waals surface area contributed by atoms with E-state index in [1.54, 1.807) is 36.4 Å². The molecular weight excluding hydrogens is 484 g/mol. The van der Waals surface area contributed by atoms with E-state index in [-0.39, 0.29) is 10.3 Å². The van der Waals surface area contributed by atoms with E-state index in [4.69, 9.17) is 14.6 Å². The van der Waals surface area contributed by atoms with Gasteiger partial charge in [0.25, 0.3) is 10.0 Å². The Kier molecular flexibility index (Phi) is 5.51. The molecule has 164 valence electrons. The minimum absolute atomic E-state index is 0.0150. The van der Waals surface area contributed by atoms with Gasteiger partial charge >= 0.3 is 0 Å². The number of aromatic nitrogens is 2. The van der Waals surface area contributed by atoms with Crippen LogP contribution in [0.2, 0.25) is 0 Å². The van der Waals surface area contributed by atoms with Gasteiger partial charge in [-0.2, -0.15) is 4.31 Å². The van der Waals surface area contributed by atoms with Crippen LogP contribution in [0.3, 0.4) is 0 Å². The van der Waals surface area contributed by atoms with Crippen LogP contribution in [-0.2, 0) is 20.0 Å². The number of benzene rings is 2. The number of sulfonamides is 2. The molecule has 0 fully saturated rings. The van der Waals surface area contributed by atoms with Gasteiger partial charge in [0, 0.05) is 0 Å². The van der Waals surface area contributed by atoms with E-state index >= 15 is 0 Å². The Morgan fingerprint density at radius 1 is 0.871 bits per heavy atom. The van der Waals surface area contributed by atoms with E-state index in [2.05, 4.69) is 9.97 Å². The summed E-state index contributed by atoms with van der Waals surface area (Å²) >= 11 is 2.12. The van der Waals surface area contributed by atoms with Crippen molar-refractivity contribution in [2.45, 2.75) is 0 Å². The lowest BCUT2D eigenvalue weighted by molar-refractivity contribution is 0.419. The quantitative estimate of drug-likeness (QED) is 0.408. The molecule has 0 spiro atoms. The summed E-state index contributed by atoms with van der Waals surface area (Å²) < 4.78 is 62.3. The fraction of sp³-hybridized carbons (Fsp3) is 0.176. The number of thiazole rings is 2. The Labute approximate surface area is 186 Å².